The molecule has 3 aromatic carbocycles. The van der Waals surface area contributed by atoms with Gasteiger partial charge in [-0.2, -0.15) is 13.2 Å². The summed E-state index contributed by atoms with van der Waals surface area (Å²) in [5.74, 6) is -1.29. The lowest BCUT2D eigenvalue weighted by Crippen LogP contribution is -3.00. The highest BCUT2D eigenvalue weighted by Gasteiger charge is 2.34. The van der Waals surface area contributed by atoms with Crippen LogP contribution < -0.4 is 17.4 Å². The molecule has 4 aromatic rings. The van der Waals surface area contributed by atoms with E-state index in [1.165, 1.54) is 6.07 Å². The van der Waals surface area contributed by atoms with Crippen LogP contribution in [-0.4, -0.2) is 11.2 Å². The molecule has 1 aliphatic rings. The van der Waals surface area contributed by atoms with Crippen molar-refractivity contribution in [2.75, 3.05) is 0 Å². The van der Waals surface area contributed by atoms with Crippen LogP contribution in [0.1, 0.15) is 22.3 Å². The van der Waals surface area contributed by atoms with Crippen molar-refractivity contribution in [3.05, 3.63) is 101 Å². The zero-order chi connectivity index (χ0) is 20.9. The molecule has 0 saturated heterocycles. The van der Waals surface area contributed by atoms with Crippen LogP contribution in [0.3, 0.4) is 0 Å². The third-order valence-electron chi connectivity index (χ3n) is 5.28. The summed E-state index contributed by atoms with van der Waals surface area (Å²) >= 11 is 0. The number of aromatic amines is 1. The number of benzene rings is 3. The molecule has 5 rings (SSSR count). The van der Waals surface area contributed by atoms with E-state index in [2.05, 4.69) is 9.98 Å². The van der Waals surface area contributed by atoms with E-state index in [1.807, 2.05) is 48.5 Å². The maximum atomic E-state index is 14.5. The van der Waals surface area contributed by atoms with Crippen molar-refractivity contribution in [2.24, 2.45) is 0 Å². The third kappa shape index (κ3) is 3.53. The number of allylic oxidation sites excluding steroid dienone is 1. The summed E-state index contributed by atoms with van der Waals surface area (Å²) in [7, 11) is 0. The first-order valence-electron chi connectivity index (χ1n) is 9.30. The van der Waals surface area contributed by atoms with Gasteiger partial charge in [-0.05, 0) is 29.8 Å². The molecule has 31 heavy (non-hydrogen) atoms. The Morgan fingerprint density at radius 3 is 2.42 bits per heavy atom. The molecule has 2 nitrogen and oxygen atoms in total. The van der Waals surface area contributed by atoms with Gasteiger partial charge in [0.05, 0.1) is 16.7 Å². The molecule has 0 bridgehead atoms. The van der Waals surface area contributed by atoms with Crippen LogP contribution in [0, 0.1) is 5.82 Å². The van der Waals surface area contributed by atoms with Gasteiger partial charge in [-0.15, -0.1) is 0 Å². The Hall–Kier alpha value is -3.38. The first-order valence-corrected chi connectivity index (χ1v) is 9.30. The van der Waals surface area contributed by atoms with Crippen molar-refractivity contribution in [1.29, 1.82) is 0 Å². The zero-order valence-electron chi connectivity index (χ0n) is 15.9. The molecule has 1 aliphatic heterocycles. The highest BCUT2D eigenvalue weighted by Crippen LogP contribution is 2.39. The van der Waals surface area contributed by atoms with Crippen molar-refractivity contribution < 1.29 is 35.0 Å². The average Bonchev–Trinajstić information content (AvgIpc) is 3.33. The van der Waals surface area contributed by atoms with Gasteiger partial charge in [-0.1, -0.05) is 36.4 Å². The Kier molecular flexibility index (Phi) is 5.19. The van der Waals surface area contributed by atoms with Gasteiger partial charge in [0.15, 0.2) is 6.21 Å². The van der Waals surface area contributed by atoms with Crippen LogP contribution >= 0.6 is 0 Å². The smallest absolute Gasteiger partial charge is 0.419 e. The fourth-order valence-corrected chi connectivity index (χ4v) is 3.91. The number of H-pyrrole nitrogens is 1. The lowest BCUT2D eigenvalue weighted by Gasteiger charge is -2.13. The molecule has 156 valence electrons. The predicted octanol–water partition coefficient (Wildman–Crippen LogP) is 2.09. The van der Waals surface area contributed by atoms with Crippen LogP contribution in [-0.2, 0) is 6.18 Å². The Balaban J connectivity index is 0.00000231. The Labute approximate surface area is 181 Å². The van der Waals surface area contributed by atoms with E-state index in [4.69, 9.17) is 0 Å². The van der Waals surface area contributed by atoms with Crippen LogP contribution in [0.4, 0.5) is 23.2 Å². The molecule has 2 heterocycles. The van der Waals surface area contributed by atoms with E-state index in [9.17, 15) is 17.6 Å². The molecule has 0 saturated carbocycles. The van der Waals surface area contributed by atoms with Gasteiger partial charge < -0.3 is 17.4 Å². The Bertz CT molecular complexity index is 1350. The molecule has 0 amide bonds. The number of nitrogens with one attached hydrogen (secondary N) is 2. The quantitative estimate of drug-likeness (QED) is 0.445. The molecule has 0 aliphatic carbocycles. The maximum Gasteiger partial charge on any atom is 0.419 e. The molecule has 1 aromatic heterocycles. The van der Waals surface area contributed by atoms with Gasteiger partial charge in [-0.25, -0.2) is 9.38 Å². The van der Waals surface area contributed by atoms with Crippen molar-refractivity contribution >= 4 is 34.0 Å². The van der Waals surface area contributed by atoms with Gasteiger partial charge in [0, 0.05) is 34.3 Å². The molecule has 0 fully saturated rings. The highest BCUT2D eigenvalue weighted by atomic mass is 35.5. The second kappa shape index (κ2) is 7.71. The fourth-order valence-electron chi connectivity index (χ4n) is 3.91. The summed E-state index contributed by atoms with van der Waals surface area (Å²) < 4.78 is 53.7. The number of alkyl halides is 3. The van der Waals surface area contributed by atoms with Gasteiger partial charge >= 0.3 is 6.18 Å². The van der Waals surface area contributed by atoms with Gasteiger partial charge in [-0.3, -0.25) is 0 Å². The predicted molar refractivity (Wildman–Crippen MR) is 109 cm³/mol. The first-order chi connectivity index (χ1) is 14.4. The third-order valence-corrected chi connectivity index (χ3v) is 5.28. The molecule has 0 atom stereocenters. The lowest BCUT2D eigenvalue weighted by atomic mass is 9.89. The Morgan fingerprint density at radius 1 is 0.903 bits per heavy atom. The number of hydrogen-bond acceptors (Lipinski definition) is 0. The molecule has 0 unspecified atom stereocenters. The summed E-state index contributed by atoms with van der Waals surface area (Å²) in [4.78, 5) is 6.39. The largest absolute Gasteiger partial charge is 1.00 e. The minimum atomic E-state index is -4.75. The molecular weight excluding hydrogens is 428 g/mol. The number of para-hydroxylation sites is 2. The van der Waals surface area contributed by atoms with Crippen LogP contribution in [0.15, 0.2) is 72.9 Å². The standard InChI is InChI=1S/C24H14F4N2.ClH/c25-20-11-14(9-10-19(20)24(26,27)28)23(17-12-29-21-7-3-1-5-15(17)21)18-13-30-22-8-4-2-6-16(18)22;/h1-13,29H;1H. The summed E-state index contributed by atoms with van der Waals surface area (Å²) in [6.07, 6.45) is -1.14. The first kappa shape index (κ1) is 20.9. The van der Waals surface area contributed by atoms with E-state index in [0.717, 1.165) is 45.4 Å². The maximum absolute atomic E-state index is 14.5. The van der Waals surface area contributed by atoms with Crippen LogP contribution in [0.25, 0.3) is 22.0 Å². The topological polar surface area (TPSA) is 29.8 Å². The summed E-state index contributed by atoms with van der Waals surface area (Å²) in [5, 5.41) is 0.901. The van der Waals surface area contributed by atoms with Crippen LogP contribution in [0.2, 0.25) is 0 Å². The van der Waals surface area contributed by atoms with E-state index >= 15 is 0 Å². The monoisotopic (exact) mass is 442 g/mol. The van der Waals surface area contributed by atoms with Crippen LogP contribution in [0.5, 0.6) is 0 Å². The SMILES string of the molecule is Fc1cc(C(=C2C=[NH+]c3ccccc32)c2c[nH]c3ccccc23)ccc1C(F)(F)F.[Cl-]. The van der Waals surface area contributed by atoms with E-state index in [1.54, 1.807) is 12.4 Å². The molecule has 0 spiro atoms. The minimum absolute atomic E-state index is 0. The van der Waals surface area contributed by atoms with E-state index in [0.29, 0.717) is 11.1 Å². The fraction of sp³-hybridized carbons (Fsp3) is 0.0417. The minimum Gasteiger partial charge on any atom is -1.00 e. The number of rotatable bonds is 2. The van der Waals surface area contributed by atoms with Crippen molar-refractivity contribution in [1.82, 2.24) is 4.98 Å². The Morgan fingerprint density at radius 2 is 1.65 bits per heavy atom. The molecular formula is C24H15ClF4N2. The zero-order valence-corrected chi connectivity index (χ0v) is 16.7. The lowest BCUT2D eigenvalue weighted by molar-refractivity contribution is -0.342. The second-order valence-corrected chi connectivity index (χ2v) is 7.06. The molecule has 7 heteroatoms. The number of hydrogen-bond donors (Lipinski definition) is 2. The highest BCUT2D eigenvalue weighted by molar-refractivity contribution is 6.24. The number of halogens is 5. The van der Waals surface area contributed by atoms with Crippen molar-refractivity contribution in [2.45, 2.75) is 6.18 Å². The normalized spacial score (nSPS) is 14.5. The van der Waals surface area contributed by atoms with Crippen molar-refractivity contribution in [3.63, 3.8) is 0 Å². The molecule has 0 radical (unpaired) electrons. The van der Waals surface area contributed by atoms with Gasteiger partial charge in [0.2, 0.25) is 5.69 Å². The second-order valence-electron chi connectivity index (χ2n) is 7.06. The number of aromatic nitrogens is 1. The van der Waals surface area contributed by atoms with Gasteiger partial charge in [0.25, 0.3) is 0 Å². The van der Waals surface area contributed by atoms with Crippen molar-refractivity contribution in [3.8, 4) is 0 Å². The summed E-state index contributed by atoms with van der Waals surface area (Å²) in [6.45, 7) is 0. The summed E-state index contributed by atoms with van der Waals surface area (Å²) in [5.41, 5.74) is 3.99. The van der Waals surface area contributed by atoms with E-state index < -0.39 is 17.6 Å². The van der Waals surface area contributed by atoms with Gasteiger partial charge in [0.1, 0.15) is 5.82 Å². The molecule has 2 N–H and O–H groups in total. The number of fused-ring (bicyclic) bond motifs is 2. The van der Waals surface area contributed by atoms with E-state index in [-0.39, 0.29) is 12.4 Å². The summed E-state index contributed by atoms with van der Waals surface area (Å²) in [6, 6.07) is 18.3. The average molecular weight is 443 g/mol.